The molecule has 0 radical (unpaired) electrons. The molecular weight excluding hydrogens is 244 g/mol. The molecule has 0 aromatic carbocycles. The van der Waals surface area contributed by atoms with E-state index in [-0.39, 0.29) is 29.7 Å². The molecule has 4 heteroatoms. The lowest BCUT2D eigenvalue weighted by molar-refractivity contribution is -0.140. The quantitative estimate of drug-likeness (QED) is 0.313. The lowest BCUT2D eigenvalue weighted by atomic mass is 9.82. The molecule has 0 bridgehead atoms. The number of aliphatic hydroxyl groups excluding tert-OH is 1. The van der Waals surface area contributed by atoms with Crippen molar-refractivity contribution < 1.29 is 19.4 Å². The van der Waals surface area contributed by atoms with E-state index < -0.39 is 6.10 Å². The van der Waals surface area contributed by atoms with Crippen molar-refractivity contribution in [2.24, 2.45) is 5.92 Å². The van der Waals surface area contributed by atoms with E-state index in [4.69, 9.17) is 9.47 Å². The maximum atomic E-state index is 11.7. The summed E-state index contributed by atoms with van der Waals surface area (Å²) in [6.07, 6.45) is 2.09. The number of carbonyl (C=O) groups is 1. The minimum Gasteiger partial charge on any atom is -0.455 e. The van der Waals surface area contributed by atoms with Gasteiger partial charge in [0.05, 0.1) is 11.7 Å². The van der Waals surface area contributed by atoms with Crippen LogP contribution in [0.3, 0.4) is 0 Å². The van der Waals surface area contributed by atoms with Crippen molar-refractivity contribution >= 4 is 5.97 Å². The Morgan fingerprint density at radius 2 is 2.11 bits per heavy atom. The number of fused-ring (bicyclic) bond motifs is 3. The van der Waals surface area contributed by atoms with Crippen LogP contribution in [0.5, 0.6) is 0 Å². The molecule has 3 fully saturated rings. The van der Waals surface area contributed by atoms with Gasteiger partial charge in [0.1, 0.15) is 12.2 Å². The summed E-state index contributed by atoms with van der Waals surface area (Å²) >= 11 is 0. The second kappa shape index (κ2) is 4.18. The average Bonchev–Trinajstić information content (AvgIpc) is 2.96. The van der Waals surface area contributed by atoms with Gasteiger partial charge in [0.2, 0.25) is 0 Å². The van der Waals surface area contributed by atoms with E-state index in [9.17, 15) is 9.90 Å². The monoisotopic (exact) mass is 264 g/mol. The van der Waals surface area contributed by atoms with E-state index in [0.717, 1.165) is 18.4 Å². The molecule has 2 saturated heterocycles. The first kappa shape index (κ1) is 12.9. The second-order valence-electron chi connectivity index (χ2n) is 6.10. The second-order valence-corrected chi connectivity index (χ2v) is 6.10. The Kier molecular flexibility index (Phi) is 2.84. The molecule has 1 aliphatic carbocycles. The lowest BCUT2D eigenvalue weighted by Crippen LogP contribution is -2.30. The van der Waals surface area contributed by atoms with Crippen LogP contribution in [0.1, 0.15) is 32.6 Å². The normalized spacial score (nSPS) is 46.3. The number of aliphatic hydroxyl groups is 1. The summed E-state index contributed by atoms with van der Waals surface area (Å²) in [5.41, 5.74) is 1.08. The fourth-order valence-corrected chi connectivity index (χ4v) is 3.25. The molecule has 0 unspecified atom stereocenters. The molecule has 1 N–H and O–H groups in total. The van der Waals surface area contributed by atoms with Crippen LogP contribution in [-0.4, -0.2) is 35.0 Å². The van der Waals surface area contributed by atoms with Crippen molar-refractivity contribution in [1.82, 2.24) is 0 Å². The number of ether oxygens (including phenoxy) is 2. The fraction of sp³-hybridized carbons (Fsp3) is 0.667. The molecule has 1 saturated carbocycles. The fourth-order valence-electron chi connectivity index (χ4n) is 3.25. The first-order chi connectivity index (χ1) is 8.92. The maximum absolute atomic E-state index is 11.7. The highest BCUT2D eigenvalue weighted by molar-refractivity contribution is 5.91. The minimum atomic E-state index is -0.482. The van der Waals surface area contributed by atoms with Crippen LogP contribution >= 0.6 is 0 Å². The van der Waals surface area contributed by atoms with E-state index in [2.05, 4.69) is 13.2 Å². The number of hydrogen-bond acceptors (Lipinski definition) is 4. The van der Waals surface area contributed by atoms with Crippen molar-refractivity contribution in [3.63, 3.8) is 0 Å². The molecule has 2 aliphatic heterocycles. The Morgan fingerprint density at radius 1 is 1.37 bits per heavy atom. The number of hydrogen-bond donors (Lipinski definition) is 1. The number of rotatable bonds is 0. The SMILES string of the molecule is C=C1CC[C@H]2C(=C)C(=O)O[C@@H]2[C@@H]2O[C@]2(C)CC[C@H]1O. The highest BCUT2D eigenvalue weighted by Gasteiger charge is 2.61. The van der Waals surface area contributed by atoms with E-state index in [1.807, 2.05) is 6.92 Å². The lowest BCUT2D eigenvalue weighted by Gasteiger charge is -2.22. The molecule has 2 heterocycles. The minimum absolute atomic E-state index is 0.0126. The van der Waals surface area contributed by atoms with Crippen molar-refractivity contribution in [3.05, 3.63) is 24.3 Å². The topological polar surface area (TPSA) is 59.1 Å². The summed E-state index contributed by atoms with van der Waals surface area (Å²) in [5.74, 6) is -0.320. The predicted molar refractivity (Wildman–Crippen MR) is 69.4 cm³/mol. The van der Waals surface area contributed by atoms with Crippen LogP contribution < -0.4 is 0 Å². The van der Waals surface area contributed by atoms with Gasteiger partial charge in [0.15, 0.2) is 0 Å². The highest BCUT2D eigenvalue weighted by Crippen LogP contribution is 2.50. The van der Waals surface area contributed by atoms with Gasteiger partial charge in [-0.05, 0) is 38.2 Å². The van der Waals surface area contributed by atoms with E-state index in [1.54, 1.807) is 0 Å². The summed E-state index contributed by atoms with van der Waals surface area (Å²) in [5, 5.41) is 10.0. The first-order valence-corrected chi connectivity index (χ1v) is 6.86. The molecule has 19 heavy (non-hydrogen) atoms. The van der Waals surface area contributed by atoms with Gasteiger partial charge >= 0.3 is 5.97 Å². The zero-order valence-electron chi connectivity index (χ0n) is 11.2. The average molecular weight is 264 g/mol. The molecule has 5 atom stereocenters. The predicted octanol–water partition coefficient (Wildman–Crippen LogP) is 1.73. The third-order valence-electron chi connectivity index (χ3n) is 4.75. The van der Waals surface area contributed by atoms with Gasteiger partial charge in [-0.25, -0.2) is 4.79 Å². The van der Waals surface area contributed by atoms with Crippen molar-refractivity contribution in [1.29, 1.82) is 0 Å². The third-order valence-corrected chi connectivity index (χ3v) is 4.75. The number of esters is 1. The van der Waals surface area contributed by atoms with Gasteiger partial charge in [-0.15, -0.1) is 0 Å². The Bertz CT molecular complexity index is 455. The first-order valence-electron chi connectivity index (χ1n) is 6.86. The zero-order valence-corrected chi connectivity index (χ0v) is 11.2. The number of carbonyl (C=O) groups excluding carboxylic acids is 1. The van der Waals surface area contributed by atoms with Gasteiger partial charge in [-0.3, -0.25) is 0 Å². The number of epoxide rings is 1. The van der Waals surface area contributed by atoms with Crippen LogP contribution in [0, 0.1) is 5.92 Å². The summed E-state index contributed by atoms with van der Waals surface area (Å²) in [6.45, 7) is 9.80. The van der Waals surface area contributed by atoms with E-state index in [1.165, 1.54) is 0 Å². The molecule has 0 aromatic rings. The van der Waals surface area contributed by atoms with Crippen LogP contribution in [0.4, 0.5) is 0 Å². The molecule has 4 nitrogen and oxygen atoms in total. The summed E-state index contributed by atoms with van der Waals surface area (Å²) in [6, 6.07) is 0. The Morgan fingerprint density at radius 3 is 2.84 bits per heavy atom. The van der Waals surface area contributed by atoms with Gasteiger partial charge in [0, 0.05) is 11.5 Å². The van der Waals surface area contributed by atoms with Gasteiger partial charge in [-0.1, -0.05) is 13.2 Å². The van der Waals surface area contributed by atoms with Crippen molar-refractivity contribution in [2.75, 3.05) is 0 Å². The van der Waals surface area contributed by atoms with Crippen molar-refractivity contribution in [3.8, 4) is 0 Å². The standard InChI is InChI=1S/C15H20O4/c1-8-4-5-10-9(2)14(17)18-12(10)13-15(3,19-13)7-6-11(8)16/h10-13,16H,1-2,4-7H2,3H3/t10-,11+,12-,13-,15+/m0/s1. The maximum Gasteiger partial charge on any atom is 0.334 e. The summed E-state index contributed by atoms with van der Waals surface area (Å²) < 4.78 is 11.2. The van der Waals surface area contributed by atoms with Gasteiger partial charge in [0.25, 0.3) is 0 Å². The molecule has 0 spiro atoms. The van der Waals surface area contributed by atoms with Crippen LogP contribution in [-0.2, 0) is 14.3 Å². The van der Waals surface area contributed by atoms with E-state index >= 15 is 0 Å². The molecule has 0 aromatic heterocycles. The molecule has 3 aliphatic rings. The summed E-state index contributed by atoms with van der Waals surface area (Å²) in [4.78, 5) is 11.7. The Hall–Kier alpha value is -1.13. The Labute approximate surface area is 113 Å². The Balaban J connectivity index is 1.85. The highest BCUT2D eigenvalue weighted by atomic mass is 16.6. The summed E-state index contributed by atoms with van der Waals surface area (Å²) in [7, 11) is 0. The molecular formula is C15H20O4. The van der Waals surface area contributed by atoms with Crippen molar-refractivity contribution in [2.45, 2.75) is 56.5 Å². The smallest absolute Gasteiger partial charge is 0.334 e. The molecule has 3 rings (SSSR count). The van der Waals surface area contributed by atoms with E-state index in [0.29, 0.717) is 18.4 Å². The van der Waals surface area contributed by atoms with Crippen LogP contribution in [0.2, 0.25) is 0 Å². The van der Waals surface area contributed by atoms with Crippen LogP contribution in [0.25, 0.3) is 0 Å². The largest absolute Gasteiger partial charge is 0.455 e. The molecule has 104 valence electrons. The third kappa shape index (κ3) is 2.03. The molecule has 0 amide bonds. The van der Waals surface area contributed by atoms with Gasteiger partial charge in [-0.2, -0.15) is 0 Å². The zero-order chi connectivity index (χ0) is 13.8. The van der Waals surface area contributed by atoms with Gasteiger partial charge < -0.3 is 14.6 Å². The van der Waals surface area contributed by atoms with Crippen LogP contribution in [0.15, 0.2) is 24.3 Å².